The minimum Gasteiger partial charge on any atom is -0.408 e. The number of oxazole rings is 1. The summed E-state index contributed by atoms with van der Waals surface area (Å²) in [5.41, 5.74) is 2.20. The van der Waals surface area contributed by atoms with Gasteiger partial charge in [0.25, 0.3) is 10.0 Å². The molecule has 0 saturated heterocycles. The van der Waals surface area contributed by atoms with Crippen molar-refractivity contribution in [1.29, 1.82) is 0 Å². The third kappa shape index (κ3) is 2.18. The molecule has 0 fully saturated rings. The zero-order chi connectivity index (χ0) is 16.9. The Hall–Kier alpha value is -2.74. The first-order valence-electron chi connectivity index (χ1n) is 7.42. The quantitative estimate of drug-likeness (QED) is 0.765. The number of hydrogen-bond donors (Lipinski definition) is 1. The van der Waals surface area contributed by atoms with Gasteiger partial charge >= 0.3 is 5.76 Å². The monoisotopic (exact) mass is 345 g/mol. The van der Waals surface area contributed by atoms with Crippen molar-refractivity contribution in [2.75, 3.05) is 29.3 Å². The zero-order valence-electron chi connectivity index (χ0n) is 12.9. The number of sulfonamides is 1. The molecule has 1 aliphatic rings. The summed E-state index contributed by atoms with van der Waals surface area (Å²) in [5, 5.41) is 0. The van der Waals surface area contributed by atoms with E-state index >= 15 is 0 Å². The van der Waals surface area contributed by atoms with E-state index in [9.17, 15) is 13.2 Å². The molecule has 2 heterocycles. The highest BCUT2D eigenvalue weighted by Crippen LogP contribution is 2.35. The molecule has 4 rings (SSSR count). The number of nitrogens with zero attached hydrogens (tertiary/aromatic N) is 2. The molecule has 124 valence electrons. The second-order valence-corrected chi connectivity index (χ2v) is 7.52. The highest BCUT2D eigenvalue weighted by Gasteiger charge is 2.31. The Morgan fingerprint density at radius 2 is 1.83 bits per heavy atom. The summed E-state index contributed by atoms with van der Waals surface area (Å²) in [7, 11) is -1.82. The normalized spacial score (nSPS) is 14.9. The van der Waals surface area contributed by atoms with Gasteiger partial charge in [-0.2, -0.15) is 0 Å². The molecule has 1 aromatic heterocycles. The molecule has 0 aliphatic carbocycles. The van der Waals surface area contributed by atoms with E-state index in [1.165, 1.54) is 22.5 Å². The molecule has 1 N–H and O–H groups in total. The maximum atomic E-state index is 13.1. The Kier molecular flexibility index (Phi) is 3.17. The Labute approximate surface area is 138 Å². The van der Waals surface area contributed by atoms with Crippen molar-refractivity contribution in [3.05, 3.63) is 53.0 Å². The summed E-state index contributed by atoms with van der Waals surface area (Å²) >= 11 is 0. The number of anilines is 2. The van der Waals surface area contributed by atoms with Crippen LogP contribution in [0.1, 0.15) is 0 Å². The van der Waals surface area contributed by atoms with Gasteiger partial charge in [0, 0.05) is 19.7 Å². The van der Waals surface area contributed by atoms with Crippen molar-refractivity contribution < 1.29 is 12.8 Å². The average Bonchev–Trinajstić information content (AvgIpc) is 2.94. The lowest BCUT2D eigenvalue weighted by atomic mass is 10.2. The van der Waals surface area contributed by atoms with Gasteiger partial charge in [-0.3, -0.25) is 9.29 Å². The first-order chi connectivity index (χ1) is 11.5. The Bertz CT molecular complexity index is 1080. The molecule has 1 aliphatic heterocycles. The fourth-order valence-electron chi connectivity index (χ4n) is 2.94. The van der Waals surface area contributed by atoms with Crippen molar-refractivity contribution in [2.45, 2.75) is 4.90 Å². The first-order valence-corrected chi connectivity index (χ1v) is 8.86. The van der Waals surface area contributed by atoms with Crippen molar-refractivity contribution in [3.8, 4) is 0 Å². The fraction of sp³-hybridized carbons (Fsp3) is 0.188. The summed E-state index contributed by atoms with van der Waals surface area (Å²) in [4.78, 5) is 15.9. The Morgan fingerprint density at radius 1 is 1.08 bits per heavy atom. The van der Waals surface area contributed by atoms with Crippen LogP contribution in [0.3, 0.4) is 0 Å². The first kappa shape index (κ1) is 14.8. The van der Waals surface area contributed by atoms with E-state index < -0.39 is 15.8 Å². The molecule has 0 bridgehead atoms. The molecule has 0 unspecified atom stereocenters. The van der Waals surface area contributed by atoms with Crippen LogP contribution in [0.15, 0.2) is 56.6 Å². The number of aromatic nitrogens is 1. The van der Waals surface area contributed by atoms with Crippen LogP contribution in [-0.4, -0.2) is 33.5 Å². The van der Waals surface area contributed by atoms with Crippen LogP contribution in [0, 0.1) is 0 Å². The molecular weight excluding hydrogens is 330 g/mol. The molecule has 24 heavy (non-hydrogen) atoms. The van der Waals surface area contributed by atoms with Crippen LogP contribution in [0.4, 0.5) is 11.4 Å². The van der Waals surface area contributed by atoms with Crippen molar-refractivity contribution >= 4 is 32.5 Å². The van der Waals surface area contributed by atoms with Crippen molar-refractivity contribution in [3.63, 3.8) is 0 Å². The van der Waals surface area contributed by atoms with E-state index in [1.54, 1.807) is 6.07 Å². The largest absolute Gasteiger partial charge is 0.417 e. The number of para-hydroxylation sites is 2. The number of rotatable bonds is 2. The van der Waals surface area contributed by atoms with Crippen molar-refractivity contribution in [2.24, 2.45) is 0 Å². The van der Waals surface area contributed by atoms with E-state index in [0.29, 0.717) is 24.3 Å². The van der Waals surface area contributed by atoms with Crippen LogP contribution in [-0.2, 0) is 10.0 Å². The molecule has 2 aromatic carbocycles. The molecule has 8 heteroatoms. The molecular formula is C16H15N3O4S. The molecule has 7 nitrogen and oxygen atoms in total. The number of fused-ring (bicyclic) bond motifs is 2. The molecule has 0 spiro atoms. The average molecular weight is 345 g/mol. The summed E-state index contributed by atoms with van der Waals surface area (Å²) in [6.45, 7) is 0.947. The SMILES string of the molecule is CN1CCN(S(=O)(=O)c2ccc3[nH]c(=O)oc3c2)c2ccccc21. The number of aromatic amines is 1. The standard InChI is InChI=1S/C16H15N3O4S/c1-18-8-9-19(14-5-3-2-4-13(14)18)24(21,22)11-6-7-12-15(10-11)23-16(20)17-12/h2-7,10H,8-9H2,1H3,(H,17,20). The topological polar surface area (TPSA) is 86.6 Å². The van der Waals surface area contributed by atoms with Crippen LogP contribution in [0.25, 0.3) is 11.1 Å². The third-order valence-electron chi connectivity index (χ3n) is 4.18. The smallest absolute Gasteiger partial charge is 0.408 e. The van der Waals surface area contributed by atoms with Gasteiger partial charge in [-0.25, -0.2) is 13.2 Å². The van der Waals surface area contributed by atoms with Crippen LogP contribution in [0.2, 0.25) is 0 Å². The molecule has 3 aromatic rings. The van der Waals surface area contributed by atoms with E-state index in [-0.39, 0.29) is 10.5 Å². The maximum Gasteiger partial charge on any atom is 0.417 e. The highest BCUT2D eigenvalue weighted by molar-refractivity contribution is 7.92. The maximum absolute atomic E-state index is 13.1. The summed E-state index contributed by atoms with van der Waals surface area (Å²) in [6.07, 6.45) is 0. The number of hydrogen-bond acceptors (Lipinski definition) is 5. The number of likely N-dealkylation sites (N-methyl/N-ethyl adjacent to an activating group) is 1. The van der Waals surface area contributed by atoms with Crippen LogP contribution in [0.5, 0.6) is 0 Å². The Balaban J connectivity index is 1.85. The third-order valence-corrected chi connectivity index (χ3v) is 5.99. The van der Waals surface area contributed by atoms with Crippen LogP contribution >= 0.6 is 0 Å². The van der Waals surface area contributed by atoms with Crippen molar-refractivity contribution in [1.82, 2.24) is 4.98 Å². The van der Waals surface area contributed by atoms with Gasteiger partial charge < -0.3 is 9.32 Å². The lowest BCUT2D eigenvalue weighted by molar-refractivity contribution is 0.553. The molecule has 0 atom stereocenters. The lowest BCUT2D eigenvalue weighted by Crippen LogP contribution is -2.42. The van der Waals surface area contributed by atoms with Gasteiger partial charge in [-0.1, -0.05) is 12.1 Å². The predicted octanol–water partition coefficient (Wildman–Crippen LogP) is 1.77. The van der Waals surface area contributed by atoms with E-state index in [4.69, 9.17) is 4.42 Å². The van der Waals surface area contributed by atoms with E-state index in [1.807, 2.05) is 30.1 Å². The fourth-order valence-corrected chi connectivity index (χ4v) is 4.43. The van der Waals surface area contributed by atoms with Gasteiger partial charge in [0.05, 0.1) is 28.3 Å². The second kappa shape index (κ2) is 5.13. The lowest BCUT2D eigenvalue weighted by Gasteiger charge is -2.36. The number of nitrogens with one attached hydrogen (secondary N) is 1. The van der Waals surface area contributed by atoms with Crippen LogP contribution < -0.4 is 15.0 Å². The molecule has 0 amide bonds. The minimum atomic E-state index is -3.75. The van der Waals surface area contributed by atoms with Gasteiger partial charge in [0.15, 0.2) is 5.58 Å². The second-order valence-electron chi connectivity index (χ2n) is 5.66. The zero-order valence-corrected chi connectivity index (χ0v) is 13.7. The van der Waals surface area contributed by atoms with Gasteiger partial charge in [0.2, 0.25) is 0 Å². The highest BCUT2D eigenvalue weighted by atomic mass is 32.2. The number of H-pyrrole nitrogens is 1. The predicted molar refractivity (Wildman–Crippen MR) is 91.1 cm³/mol. The summed E-state index contributed by atoms with van der Waals surface area (Å²) in [6, 6.07) is 11.8. The number of benzene rings is 2. The summed E-state index contributed by atoms with van der Waals surface area (Å²) in [5.74, 6) is -0.607. The Morgan fingerprint density at radius 3 is 2.62 bits per heavy atom. The molecule has 0 radical (unpaired) electrons. The van der Waals surface area contributed by atoms with E-state index in [2.05, 4.69) is 4.98 Å². The summed E-state index contributed by atoms with van der Waals surface area (Å²) < 4.78 is 32.5. The van der Waals surface area contributed by atoms with Gasteiger partial charge in [-0.15, -0.1) is 0 Å². The van der Waals surface area contributed by atoms with E-state index in [0.717, 1.165) is 5.69 Å². The van der Waals surface area contributed by atoms with Gasteiger partial charge in [-0.05, 0) is 24.3 Å². The molecule has 0 saturated carbocycles. The van der Waals surface area contributed by atoms with Gasteiger partial charge in [0.1, 0.15) is 0 Å². The minimum absolute atomic E-state index is 0.0945.